The molecule has 8 nitrogen and oxygen atoms in total. The van der Waals surface area contributed by atoms with Gasteiger partial charge in [0.05, 0.1) is 11.0 Å². The van der Waals surface area contributed by atoms with E-state index in [4.69, 9.17) is 4.74 Å². The lowest BCUT2D eigenvalue weighted by Crippen LogP contribution is -2.58. The fourth-order valence-corrected chi connectivity index (χ4v) is 2.01. The molecule has 1 aliphatic rings. The van der Waals surface area contributed by atoms with E-state index in [2.05, 4.69) is 5.32 Å². The van der Waals surface area contributed by atoms with Gasteiger partial charge in [-0.25, -0.2) is 0 Å². The highest BCUT2D eigenvalue weighted by Crippen LogP contribution is 2.23. The SMILES string of the molecule is C[C@H]1O[C@@H](Nc2ccc([N+](=O)[O-])cc2)[C@@H](O)[C@@H](O)[C@H]1O. The van der Waals surface area contributed by atoms with Gasteiger partial charge in [-0.05, 0) is 19.1 Å². The molecule has 0 radical (unpaired) electrons. The van der Waals surface area contributed by atoms with Crippen LogP contribution in [-0.4, -0.2) is 50.9 Å². The molecule has 1 heterocycles. The van der Waals surface area contributed by atoms with E-state index < -0.39 is 35.6 Å². The van der Waals surface area contributed by atoms with E-state index in [-0.39, 0.29) is 5.69 Å². The van der Waals surface area contributed by atoms with Crippen LogP contribution in [0, 0.1) is 10.1 Å². The number of ether oxygens (including phenoxy) is 1. The molecule has 0 amide bonds. The van der Waals surface area contributed by atoms with Gasteiger partial charge < -0.3 is 25.4 Å². The third kappa shape index (κ3) is 2.88. The maximum absolute atomic E-state index is 10.5. The van der Waals surface area contributed by atoms with Crippen molar-refractivity contribution in [2.75, 3.05) is 5.32 Å². The standard InChI is InChI=1S/C12H16N2O6/c1-6-9(15)10(16)11(17)12(20-6)13-7-2-4-8(5-3-7)14(18)19/h2-6,9-13,15-17H,1H3/t6-,9+,10+,11+,12-/m1/s1. The van der Waals surface area contributed by atoms with Crippen molar-refractivity contribution in [3.05, 3.63) is 34.4 Å². The van der Waals surface area contributed by atoms with Gasteiger partial charge in [0.2, 0.25) is 0 Å². The van der Waals surface area contributed by atoms with Gasteiger partial charge >= 0.3 is 0 Å². The molecule has 1 aromatic rings. The number of hydrogen-bond donors (Lipinski definition) is 4. The highest BCUT2D eigenvalue weighted by Gasteiger charge is 2.41. The van der Waals surface area contributed by atoms with Crippen LogP contribution in [0.15, 0.2) is 24.3 Å². The number of nitro benzene ring substituents is 1. The predicted molar refractivity (Wildman–Crippen MR) is 69.1 cm³/mol. The summed E-state index contributed by atoms with van der Waals surface area (Å²) in [6.45, 7) is 1.57. The zero-order valence-corrected chi connectivity index (χ0v) is 10.7. The van der Waals surface area contributed by atoms with Crippen molar-refractivity contribution in [2.24, 2.45) is 0 Å². The van der Waals surface area contributed by atoms with E-state index in [9.17, 15) is 25.4 Å². The van der Waals surface area contributed by atoms with Crippen LogP contribution >= 0.6 is 0 Å². The minimum atomic E-state index is -1.32. The van der Waals surface area contributed by atoms with E-state index >= 15 is 0 Å². The lowest BCUT2D eigenvalue weighted by atomic mass is 9.99. The molecule has 20 heavy (non-hydrogen) atoms. The van der Waals surface area contributed by atoms with Gasteiger partial charge in [0.1, 0.15) is 18.3 Å². The minimum Gasteiger partial charge on any atom is -0.388 e. The molecule has 1 aromatic carbocycles. The molecule has 0 spiro atoms. The van der Waals surface area contributed by atoms with Gasteiger partial charge in [0, 0.05) is 17.8 Å². The molecule has 0 saturated carbocycles. The number of non-ortho nitro benzene ring substituents is 1. The topological polar surface area (TPSA) is 125 Å². The first-order valence-electron chi connectivity index (χ1n) is 6.11. The highest BCUT2D eigenvalue weighted by molar-refractivity contribution is 5.49. The van der Waals surface area contributed by atoms with Crippen LogP contribution in [0.1, 0.15) is 6.92 Å². The molecule has 0 aromatic heterocycles. The first kappa shape index (κ1) is 14.7. The summed E-state index contributed by atoms with van der Waals surface area (Å²) in [6.07, 6.45) is -5.36. The molecule has 110 valence electrons. The number of hydrogen-bond acceptors (Lipinski definition) is 7. The third-order valence-electron chi connectivity index (χ3n) is 3.24. The average molecular weight is 284 g/mol. The summed E-state index contributed by atoms with van der Waals surface area (Å²) < 4.78 is 5.36. The maximum atomic E-state index is 10.5. The minimum absolute atomic E-state index is 0.0514. The Balaban J connectivity index is 2.07. The molecule has 0 aliphatic carbocycles. The summed E-state index contributed by atoms with van der Waals surface area (Å²) in [4.78, 5) is 10.0. The first-order valence-corrected chi connectivity index (χ1v) is 6.11. The van der Waals surface area contributed by atoms with E-state index in [1.165, 1.54) is 24.3 Å². The Labute approximate surface area is 114 Å². The van der Waals surface area contributed by atoms with Gasteiger partial charge in [0.25, 0.3) is 5.69 Å². The Kier molecular flexibility index (Phi) is 4.19. The monoisotopic (exact) mass is 284 g/mol. The van der Waals surface area contributed by atoms with Crippen molar-refractivity contribution in [3.63, 3.8) is 0 Å². The number of rotatable bonds is 3. The molecule has 5 atom stereocenters. The quantitative estimate of drug-likeness (QED) is 0.448. The van der Waals surface area contributed by atoms with E-state index in [1.54, 1.807) is 6.92 Å². The van der Waals surface area contributed by atoms with Gasteiger partial charge in [0.15, 0.2) is 6.23 Å². The molecular formula is C12H16N2O6. The fraction of sp³-hybridized carbons (Fsp3) is 0.500. The van der Waals surface area contributed by atoms with Gasteiger partial charge in [-0.2, -0.15) is 0 Å². The number of aliphatic hydroxyl groups is 3. The Morgan fingerprint density at radius 3 is 2.30 bits per heavy atom. The molecule has 1 fully saturated rings. The smallest absolute Gasteiger partial charge is 0.269 e. The van der Waals surface area contributed by atoms with Crippen molar-refractivity contribution in [3.8, 4) is 0 Å². The predicted octanol–water partition coefficient (Wildman–Crippen LogP) is -0.166. The lowest BCUT2D eigenvalue weighted by molar-refractivity contribution is -0.384. The summed E-state index contributed by atoms with van der Waals surface area (Å²) in [5.41, 5.74) is 0.444. The lowest BCUT2D eigenvalue weighted by Gasteiger charge is -2.39. The summed E-state index contributed by atoms with van der Waals surface area (Å²) in [5, 5.41) is 42.4. The van der Waals surface area contributed by atoms with Crippen molar-refractivity contribution in [1.29, 1.82) is 0 Å². The highest BCUT2D eigenvalue weighted by atomic mass is 16.6. The van der Waals surface area contributed by atoms with Crippen LogP contribution in [0.5, 0.6) is 0 Å². The average Bonchev–Trinajstić information content (AvgIpc) is 2.43. The van der Waals surface area contributed by atoms with Crippen LogP contribution in [-0.2, 0) is 4.74 Å². The Hall–Kier alpha value is -1.74. The second-order valence-corrected chi connectivity index (χ2v) is 4.68. The molecule has 0 bridgehead atoms. The number of nitrogens with zero attached hydrogens (tertiary/aromatic N) is 1. The molecule has 0 unspecified atom stereocenters. The third-order valence-corrected chi connectivity index (χ3v) is 3.24. The van der Waals surface area contributed by atoms with Gasteiger partial charge in [-0.15, -0.1) is 0 Å². The normalized spacial score (nSPS) is 33.7. The van der Waals surface area contributed by atoms with Crippen LogP contribution in [0.4, 0.5) is 11.4 Å². The maximum Gasteiger partial charge on any atom is 0.269 e. The van der Waals surface area contributed by atoms with Crippen LogP contribution in [0.25, 0.3) is 0 Å². The molecule has 4 N–H and O–H groups in total. The molecule has 1 aliphatic heterocycles. The van der Waals surface area contributed by atoms with Gasteiger partial charge in [-0.3, -0.25) is 10.1 Å². The van der Waals surface area contributed by atoms with Crippen LogP contribution in [0.2, 0.25) is 0 Å². The number of anilines is 1. The Bertz CT molecular complexity index is 479. The van der Waals surface area contributed by atoms with E-state index in [0.717, 1.165) is 0 Å². The summed E-state index contributed by atoms with van der Waals surface area (Å²) in [7, 11) is 0. The van der Waals surface area contributed by atoms with Crippen molar-refractivity contribution >= 4 is 11.4 Å². The summed E-state index contributed by atoms with van der Waals surface area (Å²) >= 11 is 0. The largest absolute Gasteiger partial charge is 0.388 e. The van der Waals surface area contributed by atoms with Crippen LogP contribution < -0.4 is 5.32 Å². The number of nitrogens with one attached hydrogen (secondary N) is 1. The number of nitro groups is 1. The zero-order chi connectivity index (χ0) is 14.9. The fourth-order valence-electron chi connectivity index (χ4n) is 2.01. The second kappa shape index (κ2) is 5.71. The first-order chi connectivity index (χ1) is 9.40. The summed E-state index contributed by atoms with van der Waals surface area (Å²) in [5.74, 6) is 0. The van der Waals surface area contributed by atoms with Crippen molar-refractivity contribution < 1.29 is 25.0 Å². The Morgan fingerprint density at radius 2 is 1.75 bits per heavy atom. The molecule has 1 saturated heterocycles. The molecule has 2 rings (SSSR count). The van der Waals surface area contributed by atoms with Crippen LogP contribution in [0.3, 0.4) is 0 Å². The van der Waals surface area contributed by atoms with E-state index in [1.807, 2.05) is 0 Å². The van der Waals surface area contributed by atoms with Crippen molar-refractivity contribution in [1.82, 2.24) is 0 Å². The number of benzene rings is 1. The van der Waals surface area contributed by atoms with E-state index in [0.29, 0.717) is 5.69 Å². The second-order valence-electron chi connectivity index (χ2n) is 4.68. The summed E-state index contributed by atoms with van der Waals surface area (Å²) in [6, 6.07) is 5.56. The molecule has 8 heteroatoms. The zero-order valence-electron chi connectivity index (χ0n) is 10.7. The number of aliphatic hydroxyl groups excluding tert-OH is 3. The molecular weight excluding hydrogens is 268 g/mol. The van der Waals surface area contributed by atoms with Crippen molar-refractivity contribution in [2.45, 2.75) is 37.6 Å². The van der Waals surface area contributed by atoms with Gasteiger partial charge in [-0.1, -0.05) is 0 Å². The Morgan fingerprint density at radius 1 is 1.15 bits per heavy atom.